The molecule has 0 saturated heterocycles. The number of hydrogen-bond acceptors (Lipinski definition) is 5. The monoisotopic (exact) mass is 351 g/mol. The maximum atomic E-state index is 15.0. The van der Waals surface area contributed by atoms with E-state index in [9.17, 15) is 14.0 Å². The lowest BCUT2D eigenvalue weighted by Gasteiger charge is -2.29. The summed E-state index contributed by atoms with van der Waals surface area (Å²) in [7, 11) is 2.50. The third-order valence-corrected chi connectivity index (χ3v) is 3.65. The van der Waals surface area contributed by atoms with Crippen LogP contribution >= 0.6 is 0 Å². The number of carbonyl (C=O) groups is 2. The number of esters is 1. The second kappa shape index (κ2) is 7.13. The van der Waals surface area contributed by atoms with Crippen molar-refractivity contribution in [3.63, 3.8) is 0 Å². The van der Waals surface area contributed by atoms with Crippen molar-refractivity contribution in [3.05, 3.63) is 41.2 Å². The summed E-state index contributed by atoms with van der Waals surface area (Å²) >= 11 is 0. The van der Waals surface area contributed by atoms with E-state index in [4.69, 9.17) is 9.47 Å². The van der Waals surface area contributed by atoms with Crippen LogP contribution in [0, 0.1) is 5.82 Å². The third kappa shape index (κ3) is 3.92. The molecule has 0 radical (unpaired) electrons. The second-order valence-corrected chi connectivity index (χ2v) is 6.54. The van der Waals surface area contributed by atoms with Gasteiger partial charge in [0.2, 0.25) is 0 Å². The van der Waals surface area contributed by atoms with E-state index in [1.165, 1.54) is 24.1 Å². The fourth-order valence-electron chi connectivity index (χ4n) is 2.57. The van der Waals surface area contributed by atoms with E-state index in [1.54, 1.807) is 32.9 Å². The predicted octanol–water partition coefficient (Wildman–Crippen LogP) is 3.47. The van der Waals surface area contributed by atoms with Crippen LogP contribution < -0.4 is 4.74 Å². The summed E-state index contributed by atoms with van der Waals surface area (Å²) in [6.45, 7) is 5.56. The number of ether oxygens (including phenoxy) is 3. The topological polar surface area (TPSA) is 65.1 Å². The molecule has 0 N–H and O–H groups in total. The first-order valence-corrected chi connectivity index (χ1v) is 7.80. The molecule has 1 atom stereocenters. The van der Waals surface area contributed by atoms with Gasteiger partial charge in [0.1, 0.15) is 22.7 Å². The Morgan fingerprint density at radius 2 is 1.92 bits per heavy atom. The molecule has 0 aromatic heterocycles. The average Bonchev–Trinajstić information content (AvgIpc) is 3.01. The number of rotatable bonds is 3. The Balaban J connectivity index is 2.41. The van der Waals surface area contributed by atoms with Crippen molar-refractivity contribution in [3.8, 4) is 5.75 Å². The van der Waals surface area contributed by atoms with Gasteiger partial charge in [0.15, 0.2) is 0 Å². The quantitative estimate of drug-likeness (QED) is 0.616. The highest BCUT2D eigenvalue weighted by Gasteiger charge is 2.33. The molecule has 7 heteroatoms. The highest BCUT2D eigenvalue weighted by molar-refractivity contribution is 5.93. The van der Waals surface area contributed by atoms with Crippen molar-refractivity contribution >= 4 is 12.1 Å². The van der Waals surface area contributed by atoms with Crippen LogP contribution in [0.25, 0.3) is 0 Å². The largest absolute Gasteiger partial charge is 0.496 e. The first kappa shape index (κ1) is 18.8. The zero-order chi connectivity index (χ0) is 18.8. The Morgan fingerprint density at radius 3 is 2.48 bits per heavy atom. The molecule has 0 fully saturated rings. The highest BCUT2D eigenvalue weighted by Crippen LogP contribution is 2.34. The molecular formula is C18H22FNO5. The minimum atomic E-state index is -0.845. The molecule has 0 bridgehead atoms. The summed E-state index contributed by atoms with van der Waals surface area (Å²) in [5.41, 5.74) is -0.799. The van der Waals surface area contributed by atoms with Crippen molar-refractivity contribution < 1.29 is 28.2 Å². The maximum Gasteiger partial charge on any atom is 0.411 e. The van der Waals surface area contributed by atoms with Crippen LogP contribution in [0.5, 0.6) is 5.75 Å². The number of methoxy groups -OCH3 is 2. The van der Waals surface area contributed by atoms with Crippen LogP contribution in [0.1, 0.15) is 42.7 Å². The molecule has 0 saturated carbocycles. The van der Waals surface area contributed by atoms with Crippen LogP contribution in [0.2, 0.25) is 0 Å². The smallest absolute Gasteiger partial charge is 0.411 e. The zero-order valence-electron chi connectivity index (χ0n) is 15.0. The standard InChI is InChI=1S/C18H22FNO5/c1-18(2,3)25-17(22)20-10-6-7-12(20)11-8-9-13(23-4)14(15(11)19)16(21)24-5/h6-9,12H,10H2,1-5H3. The SMILES string of the molecule is COC(=O)c1c(OC)ccc(C2C=CCN2C(=O)OC(C)(C)C)c1F. The highest BCUT2D eigenvalue weighted by atomic mass is 19.1. The van der Waals surface area contributed by atoms with E-state index in [0.29, 0.717) is 6.54 Å². The third-order valence-electron chi connectivity index (χ3n) is 3.65. The molecule has 2 rings (SSSR count). The van der Waals surface area contributed by atoms with E-state index in [0.717, 1.165) is 7.11 Å². The Hall–Kier alpha value is -2.57. The molecule has 0 spiro atoms. The van der Waals surface area contributed by atoms with Crippen LogP contribution in [-0.4, -0.2) is 43.3 Å². The lowest BCUT2D eigenvalue weighted by Crippen LogP contribution is -2.37. The number of halogens is 1. The van der Waals surface area contributed by atoms with Crippen molar-refractivity contribution in [2.45, 2.75) is 32.4 Å². The summed E-state index contributed by atoms with van der Waals surface area (Å²) in [6.07, 6.45) is 2.88. The fraction of sp³-hybridized carbons (Fsp3) is 0.444. The van der Waals surface area contributed by atoms with Crippen LogP contribution in [0.3, 0.4) is 0 Å². The number of benzene rings is 1. The molecule has 1 aromatic carbocycles. The molecule has 1 unspecified atom stereocenters. The van der Waals surface area contributed by atoms with Gasteiger partial charge in [-0.15, -0.1) is 0 Å². The maximum absolute atomic E-state index is 15.0. The minimum absolute atomic E-state index is 0.0684. The van der Waals surface area contributed by atoms with Gasteiger partial charge < -0.3 is 14.2 Å². The fourth-order valence-corrected chi connectivity index (χ4v) is 2.57. The van der Waals surface area contributed by atoms with Crippen molar-refractivity contribution in [2.24, 2.45) is 0 Å². The molecule has 1 aliphatic rings. The number of carbonyl (C=O) groups excluding carboxylic acids is 2. The molecule has 1 aromatic rings. The van der Waals surface area contributed by atoms with Crippen LogP contribution in [-0.2, 0) is 9.47 Å². The van der Waals surface area contributed by atoms with Gasteiger partial charge in [0.05, 0.1) is 20.3 Å². The summed E-state index contributed by atoms with van der Waals surface area (Å²) < 4.78 is 30.0. The summed E-state index contributed by atoms with van der Waals surface area (Å²) in [5.74, 6) is -1.56. The second-order valence-electron chi connectivity index (χ2n) is 6.54. The number of hydrogen-bond donors (Lipinski definition) is 0. The van der Waals surface area contributed by atoms with E-state index in [1.807, 2.05) is 0 Å². The lowest BCUT2D eigenvalue weighted by atomic mass is 10.0. The van der Waals surface area contributed by atoms with Gasteiger partial charge in [-0.3, -0.25) is 4.90 Å². The van der Waals surface area contributed by atoms with Crippen molar-refractivity contribution in [1.29, 1.82) is 0 Å². The van der Waals surface area contributed by atoms with Crippen molar-refractivity contribution in [1.82, 2.24) is 4.90 Å². The molecule has 0 aliphatic carbocycles. The van der Waals surface area contributed by atoms with Gasteiger partial charge in [-0.1, -0.05) is 12.2 Å². The lowest BCUT2D eigenvalue weighted by molar-refractivity contribution is 0.0238. The Bertz CT molecular complexity index is 708. The Labute approximate surface area is 146 Å². The molecule has 1 aliphatic heterocycles. The molecule has 6 nitrogen and oxygen atoms in total. The van der Waals surface area contributed by atoms with E-state index >= 15 is 0 Å². The van der Waals surface area contributed by atoms with Gasteiger partial charge in [0.25, 0.3) is 0 Å². The summed E-state index contributed by atoms with van der Waals surface area (Å²) in [5, 5.41) is 0. The molecule has 25 heavy (non-hydrogen) atoms. The number of nitrogens with zero attached hydrogens (tertiary/aromatic N) is 1. The minimum Gasteiger partial charge on any atom is -0.496 e. The van der Waals surface area contributed by atoms with Gasteiger partial charge >= 0.3 is 12.1 Å². The zero-order valence-corrected chi connectivity index (χ0v) is 15.0. The van der Waals surface area contributed by atoms with Crippen molar-refractivity contribution in [2.75, 3.05) is 20.8 Å². The van der Waals surface area contributed by atoms with E-state index in [-0.39, 0.29) is 16.9 Å². The van der Waals surface area contributed by atoms with E-state index in [2.05, 4.69) is 4.74 Å². The van der Waals surface area contributed by atoms with Gasteiger partial charge in [-0.05, 0) is 32.9 Å². The molecular weight excluding hydrogens is 329 g/mol. The Morgan fingerprint density at radius 1 is 1.24 bits per heavy atom. The summed E-state index contributed by atoms with van der Waals surface area (Å²) in [4.78, 5) is 25.7. The van der Waals surface area contributed by atoms with Gasteiger partial charge in [0, 0.05) is 12.1 Å². The number of amides is 1. The predicted molar refractivity (Wildman–Crippen MR) is 89.1 cm³/mol. The molecule has 1 amide bonds. The Kier molecular flexibility index (Phi) is 5.35. The average molecular weight is 351 g/mol. The van der Waals surface area contributed by atoms with Gasteiger partial charge in [-0.2, -0.15) is 0 Å². The molecule has 136 valence electrons. The molecule has 1 heterocycles. The first-order valence-electron chi connectivity index (χ1n) is 7.80. The van der Waals surface area contributed by atoms with E-state index < -0.39 is 29.5 Å². The van der Waals surface area contributed by atoms with Crippen LogP contribution in [0.15, 0.2) is 24.3 Å². The normalized spacial score (nSPS) is 16.7. The summed E-state index contributed by atoms with van der Waals surface area (Å²) in [6, 6.07) is 2.28. The van der Waals surface area contributed by atoms with Crippen LogP contribution in [0.4, 0.5) is 9.18 Å². The van der Waals surface area contributed by atoms with Gasteiger partial charge in [-0.25, -0.2) is 14.0 Å². The first-order chi connectivity index (χ1) is 11.7.